The maximum atomic E-state index is 10.7. The van der Waals surface area contributed by atoms with Gasteiger partial charge >= 0.3 is 0 Å². The average Bonchev–Trinajstić information content (AvgIpc) is 2.67. The summed E-state index contributed by atoms with van der Waals surface area (Å²) in [6.07, 6.45) is 6.97. The normalized spacial score (nSPS) is 12.9. The fourth-order valence-corrected chi connectivity index (χ4v) is 3.69. The van der Waals surface area contributed by atoms with Gasteiger partial charge < -0.3 is 9.47 Å². The molecule has 2 aromatic rings. The van der Waals surface area contributed by atoms with E-state index in [1.165, 1.54) is 26.5 Å². The van der Waals surface area contributed by atoms with Crippen LogP contribution in [-0.4, -0.2) is 40.6 Å². The Morgan fingerprint density at radius 3 is 2.63 bits per heavy atom. The topological polar surface area (TPSA) is 96.2 Å². The molecule has 0 aliphatic heterocycles. The number of rotatable bonds is 8. The van der Waals surface area contributed by atoms with E-state index in [-0.39, 0.29) is 4.90 Å². The van der Waals surface area contributed by atoms with Gasteiger partial charge in [0, 0.05) is 24.4 Å². The molecule has 0 aliphatic carbocycles. The first-order valence-corrected chi connectivity index (χ1v) is 9.90. The lowest BCUT2D eigenvalue weighted by atomic mass is 10.1. The summed E-state index contributed by atoms with van der Waals surface area (Å²) < 4.78 is 34.6. The van der Waals surface area contributed by atoms with E-state index in [4.69, 9.17) is 9.47 Å². The van der Waals surface area contributed by atoms with Crippen molar-refractivity contribution in [3.05, 3.63) is 54.4 Å². The van der Waals surface area contributed by atoms with Gasteiger partial charge in [0.2, 0.25) is 0 Å². The van der Waals surface area contributed by atoms with E-state index in [0.29, 0.717) is 23.7 Å². The van der Waals surface area contributed by atoms with E-state index in [2.05, 4.69) is 14.7 Å². The first-order chi connectivity index (χ1) is 12.9. The Balaban J connectivity index is 2.38. The highest BCUT2D eigenvalue weighted by Gasteiger charge is 2.22. The maximum Gasteiger partial charge on any atom is 0.144 e. The summed E-state index contributed by atoms with van der Waals surface area (Å²) in [5.41, 5.74) is 1.99. The van der Waals surface area contributed by atoms with Crippen molar-refractivity contribution in [3.8, 4) is 11.5 Å². The lowest BCUT2D eigenvalue weighted by molar-refractivity contribution is 0.388. The largest absolute Gasteiger partial charge is 0.497 e. The van der Waals surface area contributed by atoms with Gasteiger partial charge in [-0.05, 0) is 38.1 Å². The number of ether oxygens (including phenoxy) is 2. The number of benzene rings is 1. The molecule has 7 nitrogen and oxygen atoms in total. The predicted molar refractivity (Wildman–Crippen MR) is 110 cm³/mol. The fraction of sp³-hybridized carbons (Fsp3) is 0.263. The number of hydrogen-bond donors (Lipinski definition) is 3. The Bertz CT molecular complexity index is 837. The van der Waals surface area contributed by atoms with Gasteiger partial charge in [0.05, 0.1) is 31.8 Å². The van der Waals surface area contributed by atoms with E-state index in [1.54, 1.807) is 24.4 Å². The van der Waals surface area contributed by atoms with Crippen molar-refractivity contribution in [2.45, 2.75) is 18.7 Å². The Hall–Kier alpha value is -2.55. The van der Waals surface area contributed by atoms with Crippen molar-refractivity contribution in [3.63, 3.8) is 0 Å². The highest BCUT2D eigenvalue weighted by atomic mass is 32.3. The van der Waals surface area contributed by atoms with Crippen LogP contribution < -0.4 is 14.2 Å². The standard InChI is InChI=1S/C19H25N3O4S/c1-5-7-17(21-6-2)14-10-15(13-20-12-14)22-27(23,24)19-11-16(25-3)8-9-18(19)26-4/h5,7-13,22-24H,6H2,1-4H3/b7-5-,21-17?. The molecule has 8 heteroatoms. The Labute approximate surface area is 161 Å². The number of aliphatic imine (C=N–C) groups is 1. The van der Waals surface area contributed by atoms with E-state index in [9.17, 15) is 9.11 Å². The Morgan fingerprint density at radius 2 is 2.00 bits per heavy atom. The van der Waals surface area contributed by atoms with Gasteiger partial charge in [0.1, 0.15) is 16.4 Å². The Kier molecular flexibility index (Phi) is 7.23. The summed E-state index contributed by atoms with van der Waals surface area (Å²) in [4.78, 5) is 8.82. The SMILES string of the molecule is C/C=C\C(=NCC)c1cncc(NS(O)(O)c2cc(OC)ccc2OC)c1. The number of aromatic nitrogens is 1. The molecule has 0 aliphatic rings. The molecule has 3 N–H and O–H groups in total. The molecule has 0 bridgehead atoms. The molecule has 0 radical (unpaired) electrons. The van der Waals surface area contributed by atoms with Crippen molar-refractivity contribution in [2.75, 3.05) is 25.5 Å². The zero-order valence-corrected chi connectivity index (χ0v) is 16.7. The first kappa shape index (κ1) is 20.8. The second-order valence-electron chi connectivity index (χ2n) is 5.49. The van der Waals surface area contributed by atoms with Crippen LogP contribution in [-0.2, 0) is 0 Å². The van der Waals surface area contributed by atoms with Gasteiger partial charge in [-0.1, -0.05) is 16.9 Å². The smallest absolute Gasteiger partial charge is 0.144 e. The molecule has 1 heterocycles. The molecule has 0 spiro atoms. The number of hydrogen-bond acceptors (Lipinski definition) is 7. The van der Waals surface area contributed by atoms with Crippen molar-refractivity contribution in [2.24, 2.45) is 4.99 Å². The minimum atomic E-state index is -3.41. The van der Waals surface area contributed by atoms with Gasteiger partial charge in [-0.25, -0.2) is 0 Å². The maximum absolute atomic E-state index is 10.7. The number of nitrogens with zero attached hydrogens (tertiary/aromatic N) is 2. The summed E-state index contributed by atoms with van der Waals surface area (Å²) in [5.74, 6) is 0.833. The number of nitrogens with one attached hydrogen (secondary N) is 1. The van der Waals surface area contributed by atoms with Crippen LogP contribution in [0.25, 0.3) is 0 Å². The van der Waals surface area contributed by atoms with Crippen molar-refractivity contribution >= 4 is 22.2 Å². The molecule has 0 atom stereocenters. The number of allylic oxidation sites excluding steroid dienone is 2. The summed E-state index contributed by atoms with van der Waals surface area (Å²) in [6, 6.07) is 6.60. The quantitative estimate of drug-likeness (QED) is 0.568. The number of pyridine rings is 1. The second-order valence-corrected chi connectivity index (χ2v) is 7.23. The minimum Gasteiger partial charge on any atom is -0.497 e. The average molecular weight is 391 g/mol. The van der Waals surface area contributed by atoms with Crippen LogP contribution in [0.4, 0.5) is 5.69 Å². The molecule has 27 heavy (non-hydrogen) atoms. The van der Waals surface area contributed by atoms with Gasteiger partial charge in [-0.3, -0.25) is 23.8 Å². The molecule has 1 aromatic heterocycles. The first-order valence-electron chi connectivity index (χ1n) is 8.35. The van der Waals surface area contributed by atoms with Gasteiger partial charge in [0.15, 0.2) is 0 Å². The van der Waals surface area contributed by atoms with Crippen molar-refractivity contribution in [1.82, 2.24) is 4.98 Å². The molecule has 0 fully saturated rings. The molecule has 2 rings (SSSR count). The highest BCUT2D eigenvalue weighted by Crippen LogP contribution is 2.52. The fourth-order valence-electron chi connectivity index (χ4n) is 2.43. The molecule has 1 aromatic carbocycles. The zero-order valence-electron chi connectivity index (χ0n) is 15.8. The van der Waals surface area contributed by atoms with E-state index < -0.39 is 10.8 Å². The van der Waals surface area contributed by atoms with Crippen LogP contribution in [0.2, 0.25) is 0 Å². The molecular weight excluding hydrogens is 366 g/mol. The van der Waals surface area contributed by atoms with E-state index in [0.717, 1.165) is 11.3 Å². The number of anilines is 1. The summed E-state index contributed by atoms with van der Waals surface area (Å²) >= 11 is 0. The van der Waals surface area contributed by atoms with E-state index >= 15 is 0 Å². The third-order valence-electron chi connectivity index (χ3n) is 3.62. The zero-order chi connectivity index (χ0) is 19.9. The highest BCUT2D eigenvalue weighted by molar-refractivity contribution is 8.25. The van der Waals surface area contributed by atoms with Gasteiger partial charge in [-0.2, -0.15) is 0 Å². The van der Waals surface area contributed by atoms with Crippen LogP contribution in [0.3, 0.4) is 0 Å². The molecule has 0 amide bonds. The number of methoxy groups -OCH3 is 2. The summed E-state index contributed by atoms with van der Waals surface area (Å²) in [5, 5.41) is 0. The predicted octanol–water partition coefficient (Wildman–Crippen LogP) is 4.62. The van der Waals surface area contributed by atoms with Gasteiger partial charge in [0.25, 0.3) is 0 Å². The second kappa shape index (κ2) is 9.40. The monoisotopic (exact) mass is 391 g/mol. The van der Waals surface area contributed by atoms with Crippen molar-refractivity contribution < 1.29 is 18.6 Å². The van der Waals surface area contributed by atoms with Crippen LogP contribution >= 0.6 is 10.8 Å². The minimum absolute atomic E-state index is 0.200. The molecule has 146 valence electrons. The molecule has 0 saturated heterocycles. The Morgan fingerprint density at radius 1 is 1.22 bits per heavy atom. The van der Waals surface area contributed by atoms with E-state index in [1.807, 2.05) is 26.0 Å². The third-order valence-corrected chi connectivity index (χ3v) is 5.08. The summed E-state index contributed by atoms with van der Waals surface area (Å²) in [6.45, 7) is 4.49. The molecular formula is C19H25N3O4S. The van der Waals surface area contributed by atoms with Gasteiger partial charge in [-0.15, -0.1) is 0 Å². The summed E-state index contributed by atoms with van der Waals surface area (Å²) in [7, 11) is -0.435. The lowest BCUT2D eigenvalue weighted by Crippen LogP contribution is -2.12. The van der Waals surface area contributed by atoms with Crippen LogP contribution in [0.1, 0.15) is 19.4 Å². The van der Waals surface area contributed by atoms with Crippen molar-refractivity contribution in [1.29, 1.82) is 0 Å². The van der Waals surface area contributed by atoms with Crippen LogP contribution in [0, 0.1) is 0 Å². The van der Waals surface area contributed by atoms with Crippen LogP contribution in [0.5, 0.6) is 11.5 Å². The lowest BCUT2D eigenvalue weighted by Gasteiger charge is -2.34. The molecule has 0 unspecified atom stereocenters. The third kappa shape index (κ3) is 5.22. The van der Waals surface area contributed by atoms with Crippen LogP contribution in [0.15, 0.2) is 58.7 Å². The molecule has 0 saturated carbocycles.